The van der Waals surface area contributed by atoms with Gasteiger partial charge in [0.1, 0.15) is 22.3 Å². The quantitative estimate of drug-likeness (QED) is 0.514. The zero-order valence-electron chi connectivity index (χ0n) is 15.2. The van der Waals surface area contributed by atoms with E-state index in [0.29, 0.717) is 17.1 Å². The predicted molar refractivity (Wildman–Crippen MR) is 105 cm³/mol. The van der Waals surface area contributed by atoms with Crippen molar-refractivity contribution in [3.63, 3.8) is 0 Å². The highest BCUT2D eigenvalue weighted by atomic mass is 35.5. The lowest BCUT2D eigenvalue weighted by atomic mass is 10.2. The maximum Gasteiger partial charge on any atom is 0.256 e. The number of hydrogen-bond acceptors (Lipinski definition) is 3. The second-order valence-electron chi connectivity index (χ2n) is 6.52. The van der Waals surface area contributed by atoms with Crippen molar-refractivity contribution >= 4 is 28.5 Å². The topological polar surface area (TPSA) is 60.1 Å². The molecule has 1 atom stereocenters. The monoisotopic (exact) mass is 397 g/mol. The van der Waals surface area contributed by atoms with Crippen LogP contribution in [-0.2, 0) is 0 Å². The number of nitrogens with zero attached hydrogens (tertiary/aromatic N) is 2. The maximum atomic E-state index is 13.2. The number of fused-ring (bicyclic) bond motifs is 1. The lowest BCUT2D eigenvalue weighted by Crippen LogP contribution is -2.27. The highest BCUT2D eigenvalue weighted by molar-refractivity contribution is 6.33. The van der Waals surface area contributed by atoms with Crippen LogP contribution in [0.4, 0.5) is 4.39 Å². The summed E-state index contributed by atoms with van der Waals surface area (Å²) in [6, 6.07) is 14.9. The molecule has 0 radical (unpaired) electrons. The van der Waals surface area contributed by atoms with E-state index in [1.807, 2.05) is 37.3 Å². The van der Waals surface area contributed by atoms with Crippen LogP contribution in [0.1, 0.15) is 34.8 Å². The lowest BCUT2D eigenvalue weighted by molar-refractivity contribution is 0.0935. The van der Waals surface area contributed by atoms with E-state index in [1.54, 1.807) is 19.1 Å². The van der Waals surface area contributed by atoms with E-state index in [0.717, 1.165) is 11.0 Å². The zero-order chi connectivity index (χ0) is 19.8. The average molecular weight is 398 g/mol. The number of para-hydroxylation sites is 1. The summed E-state index contributed by atoms with van der Waals surface area (Å²) in [5.41, 5.74) is 2.08. The molecule has 2 aromatic carbocycles. The Labute approximate surface area is 165 Å². The number of nitrogens with one attached hydrogen (secondary N) is 1. The molecule has 0 aliphatic heterocycles. The number of amides is 1. The molecule has 142 valence electrons. The van der Waals surface area contributed by atoms with Crippen molar-refractivity contribution in [3.05, 3.63) is 82.6 Å². The van der Waals surface area contributed by atoms with Gasteiger partial charge in [-0.15, -0.1) is 0 Å². The van der Waals surface area contributed by atoms with E-state index in [4.69, 9.17) is 16.0 Å². The van der Waals surface area contributed by atoms with Gasteiger partial charge in [0.25, 0.3) is 5.91 Å². The fourth-order valence-electron chi connectivity index (χ4n) is 3.07. The molecule has 2 heterocycles. The Bertz CT molecular complexity index is 1130. The Hall–Kier alpha value is -3.12. The highest BCUT2D eigenvalue weighted by Crippen LogP contribution is 2.26. The molecule has 0 bridgehead atoms. The summed E-state index contributed by atoms with van der Waals surface area (Å²) in [4.78, 5) is 12.8. The third kappa shape index (κ3) is 3.27. The van der Waals surface area contributed by atoms with Crippen molar-refractivity contribution < 1.29 is 13.6 Å². The Morgan fingerprint density at radius 2 is 1.93 bits per heavy atom. The molecule has 0 aliphatic rings. The van der Waals surface area contributed by atoms with Crippen LogP contribution in [-0.4, -0.2) is 15.7 Å². The molecule has 5 nitrogen and oxygen atoms in total. The first kappa shape index (κ1) is 18.3. The number of carbonyl (C=O) groups excluding carboxylic acids is 1. The first-order valence-electron chi connectivity index (χ1n) is 8.74. The molecule has 28 heavy (non-hydrogen) atoms. The fourth-order valence-corrected chi connectivity index (χ4v) is 3.42. The van der Waals surface area contributed by atoms with E-state index in [-0.39, 0.29) is 28.5 Å². The van der Waals surface area contributed by atoms with Crippen molar-refractivity contribution in [1.82, 2.24) is 15.1 Å². The molecular weight excluding hydrogens is 381 g/mol. The molecule has 4 rings (SSSR count). The molecule has 0 saturated carbocycles. The van der Waals surface area contributed by atoms with Gasteiger partial charge in [0.2, 0.25) is 0 Å². The maximum absolute atomic E-state index is 13.2. The number of furan rings is 1. The number of carbonyl (C=O) groups is 1. The molecule has 0 unspecified atom stereocenters. The largest absolute Gasteiger partial charge is 0.459 e. The van der Waals surface area contributed by atoms with Gasteiger partial charge in [-0.3, -0.25) is 4.79 Å². The Morgan fingerprint density at radius 3 is 2.64 bits per heavy atom. The summed E-state index contributed by atoms with van der Waals surface area (Å²) in [6.07, 6.45) is 0. The van der Waals surface area contributed by atoms with E-state index < -0.39 is 0 Å². The first-order valence-corrected chi connectivity index (χ1v) is 9.12. The number of halogens is 2. The Balaban J connectivity index is 1.60. The van der Waals surface area contributed by atoms with E-state index in [1.165, 1.54) is 16.8 Å². The van der Waals surface area contributed by atoms with Gasteiger partial charge in [0, 0.05) is 5.39 Å². The van der Waals surface area contributed by atoms with Gasteiger partial charge in [-0.25, -0.2) is 9.07 Å². The fraction of sp³-hybridized carbons (Fsp3) is 0.143. The van der Waals surface area contributed by atoms with Crippen molar-refractivity contribution in [2.45, 2.75) is 19.9 Å². The van der Waals surface area contributed by atoms with Crippen LogP contribution in [0.5, 0.6) is 0 Å². The molecule has 4 aromatic rings. The predicted octanol–water partition coefficient (Wildman–Crippen LogP) is 5.21. The number of hydrogen-bond donors (Lipinski definition) is 1. The molecule has 2 aromatic heterocycles. The molecule has 1 amide bonds. The van der Waals surface area contributed by atoms with Crippen molar-refractivity contribution in [2.24, 2.45) is 0 Å². The van der Waals surface area contributed by atoms with Gasteiger partial charge in [0.05, 0.1) is 23.0 Å². The van der Waals surface area contributed by atoms with E-state index in [9.17, 15) is 9.18 Å². The molecule has 7 heteroatoms. The smallest absolute Gasteiger partial charge is 0.256 e. The SMILES string of the molecule is Cc1nn(-c2ccc(F)cc2)c(Cl)c1C(=O)N[C@H](C)c1cc2ccccc2o1. The van der Waals surface area contributed by atoms with Crippen LogP contribution < -0.4 is 5.32 Å². The number of aryl methyl sites for hydroxylation is 1. The van der Waals surface area contributed by atoms with Crippen LogP contribution in [0.2, 0.25) is 5.15 Å². The third-order valence-electron chi connectivity index (χ3n) is 4.52. The molecular formula is C21H17ClFN3O2. The van der Waals surface area contributed by atoms with Crippen LogP contribution in [0.15, 0.2) is 59.0 Å². The number of aromatic nitrogens is 2. The normalized spacial score (nSPS) is 12.3. The number of benzene rings is 2. The summed E-state index contributed by atoms with van der Waals surface area (Å²) in [6.45, 7) is 3.54. The zero-order valence-corrected chi connectivity index (χ0v) is 16.0. The van der Waals surface area contributed by atoms with Crippen LogP contribution in [0.3, 0.4) is 0 Å². The average Bonchev–Trinajstić information content (AvgIpc) is 3.23. The van der Waals surface area contributed by atoms with Crippen LogP contribution in [0, 0.1) is 12.7 Å². The van der Waals surface area contributed by atoms with Gasteiger partial charge in [-0.1, -0.05) is 29.8 Å². The minimum absolute atomic E-state index is 0.165. The summed E-state index contributed by atoms with van der Waals surface area (Å²) >= 11 is 6.41. The molecule has 0 saturated heterocycles. The minimum Gasteiger partial charge on any atom is -0.459 e. The Morgan fingerprint density at radius 1 is 1.21 bits per heavy atom. The standard InChI is InChI=1S/C21H17ClFN3O2/c1-12(18-11-14-5-3-4-6-17(14)28-18)24-21(27)19-13(2)25-26(20(19)22)16-9-7-15(23)8-10-16/h3-12H,1-2H3,(H,24,27)/t12-/m1/s1. The van der Waals surface area contributed by atoms with Crippen molar-refractivity contribution in [2.75, 3.05) is 0 Å². The van der Waals surface area contributed by atoms with Crippen LogP contribution >= 0.6 is 11.6 Å². The van der Waals surface area contributed by atoms with Gasteiger partial charge in [-0.2, -0.15) is 5.10 Å². The molecule has 0 aliphatic carbocycles. The highest BCUT2D eigenvalue weighted by Gasteiger charge is 2.23. The molecule has 0 spiro atoms. The Kier molecular flexibility index (Phi) is 4.65. The van der Waals surface area contributed by atoms with Gasteiger partial charge in [-0.05, 0) is 50.2 Å². The molecule has 1 N–H and O–H groups in total. The number of rotatable bonds is 4. The van der Waals surface area contributed by atoms with Crippen molar-refractivity contribution in [3.8, 4) is 5.69 Å². The molecule has 0 fully saturated rings. The van der Waals surface area contributed by atoms with Crippen molar-refractivity contribution in [1.29, 1.82) is 0 Å². The van der Waals surface area contributed by atoms with E-state index >= 15 is 0 Å². The summed E-state index contributed by atoms with van der Waals surface area (Å²) in [5.74, 6) is -0.0700. The minimum atomic E-state index is -0.360. The van der Waals surface area contributed by atoms with Gasteiger partial charge >= 0.3 is 0 Å². The summed E-state index contributed by atoms with van der Waals surface area (Å²) < 4.78 is 20.4. The first-order chi connectivity index (χ1) is 13.4. The summed E-state index contributed by atoms with van der Waals surface area (Å²) in [7, 11) is 0. The third-order valence-corrected chi connectivity index (χ3v) is 4.87. The van der Waals surface area contributed by atoms with Gasteiger partial charge in [0.15, 0.2) is 0 Å². The van der Waals surface area contributed by atoms with E-state index in [2.05, 4.69) is 10.4 Å². The second-order valence-corrected chi connectivity index (χ2v) is 6.88. The lowest BCUT2D eigenvalue weighted by Gasteiger charge is -2.11. The second kappa shape index (κ2) is 7.13. The van der Waals surface area contributed by atoms with Gasteiger partial charge < -0.3 is 9.73 Å². The summed E-state index contributed by atoms with van der Waals surface area (Å²) in [5, 5.41) is 8.36. The van der Waals surface area contributed by atoms with Crippen LogP contribution in [0.25, 0.3) is 16.7 Å².